The molecular weight excluding hydrogens is 330 g/mol. The number of aromatic nitrogens is 1. The number of anilines is 1. The first-order valence-electron chi connectivity index (χ1n) is 6.19. The van der Waals surface area contributed by atoms with Gasteiger partial charge >= 0.3 is 0 Å². The number of nitrogens with two attached hydrogens (primary N) is 1. The lowest BCUT2D eigenvalue weighted by atomic mass is 10.2. The first kappa shape index (κ1) is 13.4. The molecule has 0 atom stereocenters. The molecule has 0 amide bonds. The maximum atomic E-state index is 8.81. The second-order valence-electron chi connectivity index (χ2n) is 4.44. The molecular formula is C16H10BrN3O. The van der Waals surface area contributed by atoms with Crippen molar-refractivity contribution in [1.82, 2.24) is 4.98 Å². The number of halogens is 1. The Labute approximate surface area is 129 Å². The Hall–Kier alpha value is -2.58. The van der Waals surface area contributed by atoms with Crippen LogP contribution < -0.4 is 10.5 Å². The molecule has 0 unspecified atom stereocenters. The van der Waals surface area contributed by atoms with Crippen LogP contribution in [-0.4, -0.2) is 4.98 Å². The third kappa shape index (κ3) is 2.67. The number of nitrogens with zero attached hydrogens (tertiary/aromatic N) is 2. The van der Waals surface area contributed by atoms with Crippen molar-refractivity contribution in [3.8, 4) is 17.6 Å². The van der Waals surface area contributed by atoms with Gasteiger partial charge in [-0.15, -0.1) is 0 Å². The second-order valence-corrected chi connectivity index (χ2v) is 5.36. The van der Waals surface area contributed by atoms with Gasteiger partial charge in [-0.25, -0.2) is 0 Å². The van der Waals surface area contributed by atoms with E-state index in [2.05, 4.69) is 27.0 Å². The molecule has 0 bridgehead atoms. The van der Waals surface area contributed by atoms with E-state index < -0.39 is 0 Å². The lowest BCUT2D eigenvalue weighted by molar-refractivity contribution is 0.490. The van der Waals surface area contributed by atoms with Crippen LogP contribution in [0.4, 0.5) is 5.69 Å². The molecule has 5 heteroatoms. The van der Waals surface area contributed by atoms with Crippen LogP contribution in [0.15, 0.2) is 53.1 Å². The van der Waals surface area contributed by atoms with Crippen molar-refractivity contribution in [3.63, 3.8) is 0 Å². The Morgan fingerprint density at radius 1 is 1.14 bits per heavy atom. The number of rotatable bonds is 2. The van der Waals surface area contributed by atoms with Crippen LogP contribution in [0.25, 0.3) is 10.9 Å². The second kappa shape index (κ2) is 5.43. The maximum absolute atomic E-state index is 8.81. The summed E-state index contributed by atoms with van der Waals surface area (Å²) >= 11 is 3.44. The normalized spacial score (nSPS) is 10.3. The molecule has 0 aliphatic carbocycles. The van der Waals surface area contributed by atoms with E-state index in [1.165, 1.54) is 0 Å². The number of nitriles is 1. The Morgan fingerprint density at radius 3 is 2.62 bits per heavy atom. The van der Waals surface area contributed by atoms with Crippen molar-refractivity contribution < 1.29 is 4.74 Å². The zero-order valence-electron chi connectivity index (χ0n) is 10.9. The molecule has 4 nitrogen and oxygen atoms in total. The topological polar surface area (TPSA) is 71.9 Å². The molecule has 3 rings (SSSR count). The van der Waals surface area contributed by atoms with Gasteiger partial charge in [-0.2, -0.15) is 5.26 Å². The molecule has 0 aliphatic rings. The molecule has 2 aromatic carbocycles. The highest BCUT2D eigenvalue weighted by atomic mass is 79.9. The Balaban J connectivity index is 2.08. The summed E-state index contributed by atoms with van der Waals surface area (Å²) in [5.41, 5.74) is 7.83. The molecule has 0 saturated carbocycles. The highest BCUT2D eigenvalue weighted by molar-refractivity contribution is 9.10. The fourth-order valence-electron chi connectivity index (χ4n) is 1.99. The third-order valence-corrected chi connectivity index (χ3v) is 3.50. The van der Waals surface area contributed by atoms with Crippen LogP contribution in [-0.2, 0) is 0 Å². The SMILES string of the molecule is N#Cc1ccc(Oc2c(N)cnc3ccc(Br)cc23)cc1. The lowest BCUT2D eigenvalue weighted by Gasteiger charge is -2.11. The summed E-state index contributed by atoms with van der Waals surface area (Å²) in [4.78, 5) is 4.28. The minimum absolute atomic E-state index is 0.463. The standard InChI is InChI=1S/C16H10BrN3O/c17-11-3-6-15-13(7-11)16(14(19)9-20-15)21-12-4-1-10(8-18)2-5-12/h1-7,9H,19H2. The van der Waals surface area contributed by atoms with Gasteiger partial charge in [0, 0.05) is 9.86 Å². The molecule has 0 radical (unpaired) electrons. The molecule has 102 valence electrons. The summed E-state index contributed by atoms with van der Waals surface area (Å²) in [5.74, 6) is 1.18. The first-order valence-corrected chi connectivity index (χ1v) is 6.98. The summed E-state index contributed by atoms with van der Waals surface area (Å²) in [5, 5.41) is 9.64. The summed E-state index contributed by atoms with van der Waals surface area (Å²) in [6.45, 7) is 0. The summed E-state index contributed by atoms with van der Waals surface area (Å²) in [7, 11) is 0. The van der Waals surface area contributed by atoms with Gasteiger partial charge in [-0.1, -0.05) is 15.9 Å². The number of ether oxygens (including phenoxy) is 1. The van der Waals surface area contributed by atoms with E-state index in [9.17, 15) is 0 Å². The molecule has 1 aromatic heterocycles. The van der Waals surface area contributed by atoms with Crippen LogP contribution in [0.3, 0.4) is 0 Å². The van der Waals surface area contributed by atoms with E-state index in [0.29, 0.717) is 22.7 Å². The van der Waals surface area contributed by atoms with E-state index in [0.717, 1.165) is 15.4 Å². The van der Waals surface area contributed by atoms with Crippen molar-refractivity contribution in [1.29, 1.82) is 5.26 Å². The van der Waals surface area contributed by atoms with Gasteiger partial charge in [-0.05, 0) is 42.5 Å². The first-order chi connectivity index (χ1) is 10.2. The highest BCUT2D eigenvalue weighted by Crippen LogP contribution is 2.35. The largest absolute Gasteiger partial charge is 0.454 e. The van der Waals surface area contributed by atoms with E-state index in [1.807, 2.05) is 18.2 Å². The summed E-state index contributed by atoms with van der Waals surface area (Å²) in [6, 6.07) is 14.7. The van der Waals surface area contributed by atoms with Crippen molar-refractivity contribution in [2.75, 3.05) is 5.73 Å². The van der Waals surface area contributed by atoms with Gasteiger partial charge < -0.3 is 10.5 Å². The van der Waals surface area contributed by atoms with Crippen LogP contribution >= 0.6 is 15.9 Å². The molecule has 3 aromatic rings. The van der Waals surface area contributed by atoms with E-state index in [-0.39, 0.29) is 0 Å². The van der Waals surface area contributed by atoms with Crippen molar-refractivity contribution in [3.05, 3.63) is 58.7 Å². The summed E-state index contributed by atoms with van der Waals surface area (Å²) < 4.78 is 6.80. The third-order valence-electron chi connectivity index (χ3n) is 3.01. The fraction of sp³-hybridized carbons (Fsp3) is 0. The quantitative estimate of drug-likeness (QED) is 0.757. The van der Waals surface area contributed by atoms with Crippen molar-refractivity contribution >= 4 is 32.5 Å². The average molecular weight is 340 g/mol. The summed E-state index contributed by atoms with van der Waals surface area (Å²) in [6.07, 6.45) is 1.58. The molecule has 0 spiro atoms. The molecule has 0 saturated heterocycles. The lowest BCUT2D eigenvalue weighted by Crippen LogP contribution is -1.95. The minimum atomic E-state index is 0.463. The van der Waals surface area contributed by atoms with Crippen LogP contribution in [0, 0.1) is 11.3 Å². The number of nitrogen functional groups attached to an aromatic ring is 1. The maximum Gasteiger partial charge on any atom is 0.161 e. The zero-order valence-corrected chi connectivity index (χ0v) is 12.5. The van der Waals surface area contributed by atoms with Crippen molar-refractivity contribution in [2.24, 2.45) is 0 Å². The van der Waals surface area contributed by atoms with E-state index >= 15 is 0 Å². The van der Waals surface area contributed by atoms with E-state index in [4.69, 9.17) is 15.7 Å². The predicted octanol–water partition coefficient (Wildman–Crippen LogP) is 4.24. The van der Waals surface area contributed by atoms with E-state index in [1.54, 1.807) is 30.5 Å². The van der Waals surface area contributed by atoms with Crippen LogP contribution in [0.2, 0.25) is 0 Å². The number of pyridine rings is 1. The monoisotopic (exact) mass is 339 g/mol. The van der Waals surface area contributed by atoms with Crippen molar-refractivity contribution in [2.45, 2.75) is 0 Å². The molecule has 1 heterocycles. The highest BCUT2D eigenvalue weighted by Gasteiger charge is 2.10. The van der Waals surface area contributed by atoms with Gasteiger partial charge in [0.05, 0.1) is 29.0 Å². The Morgan fingerprint density at radius 2 is 1.90 bits per heavy atom. The molecule has 21 heavy (non-hydrogen) atoms. The fourth-order valence-corrected chi connectivity index (χ4v) is 2.35. The average Bonchev–Trinajstić information content (AvgIpc) is 2.51. The number of hydrogen-bond donors (Lipinski definition) is 1. The van der Waals surface area contributed by atoms with Gasteiger partial charge in [0.2, 0.25) is 0 Å². The number of hydrogen-bond acceptors (Lipinski definition) is 4. The molecule has 2 N–H and O–H groups in total. The Kier molecular flexibility index (Phi) is 3.46. The number of fused-ring (bicyclic) bond motifs is 1. The van der Waals surface area contributed by atoms with Gasteiger partial charge in [0.15, 0.2) is 5.75 Å². The van der Waals surface area contributed by atoms with Gasteiger partial charge in [0.1, 0.15) is 5.75 Å². The Bertz CT molecular complexity index is 849. The number of benzene rings is 2. The molecule has 0 aliphatic heterocycles. The van der Waals surface area contributed by atoms with Gasteiger partial charge in [0.25, 0.3) is 0 Å². The van der Waals surface area contributed by atoms with Crippen LogP contribution in [0.1, 0.15) is 5.56 Å². The van der Waals surface area contributed by atoms with Crippen LogP contribution in [0.5, 0.6) is 11.5 Å². The zero-order chi connectivity index (χ0) is 14.8. The minimum Gasteiger partial charge on any atom is -0.454 e. The smallest absolute Gasteiger partial charge is 0.161 e. The van der Waals surface area contributed by atoms with Gasteiger partial charge in [-0.3, -0.25) is 4.98 Å². The predicted molar refractivity (Wildman–Crippen MR) is 85.1 cm³/mol. The molecule has 0 fully saturated rings.